The number of benzene rings is 1. The van der Waals surface area contributed by atoms with Gasteiger partial charge in [0.25, 0.3) is 5.22 Å². The maximum absolute atomic E-state index is 12.7. The molecule has 2 aromatic rings. The van der Waals surface area contributed by atoms with Crippen LogP contribution in [0.15, 0.2) is 32.7 Å². The number of hydrogen-bond donors (Lipinski definition) is 0. The van der Waals surface area contributed by atoms with E-state index in [1.54, 1.807) is 13.0 Å². The Morgan fingerprint density at radius 1 is 1.27 bits per heavy atom. The standard InChI is InChI=1S/C18H24N2O4S2/c1-3-26(22,23)14-8-9-16-15(12-14)19-18(24-16)25-13(2)17(21)20-10-6-4-5-7-11-20/h8-9,12-13H,3-7,10-11H2,1-2H3. The van der Waals surface area contributed by atoms with Crippen molar-refractivity contribution in [2.45, 2.75) is 54.9 Å². The second-order valence-corrected chi connectivity index (χ2v) is 10.1. The van der Waals surface area contributed by atoms with Crippen molar-refractivity contribution < 1.29 is 17.6 Å². The van der Waals surface area contributed by atoms with Crippen LogP contribution < -0.4 is 0 Å². The number of rotatable bonds is 5. The van der Waals surface area contributed by atoms with Crippen LogP contribution in [0.3, 0.4) is 0 Å². The van der Waals surface area contributed by atoms with Gasteiger partial charge in [-0.15, -0.1) is 0 Å². The number of carbonyl (C=O) groups excluding carboxylic acids is 1. The first-order valence-corrected chi connectivity index (χ1v) is 11.5. The number of carbonyl (C=O) groups is 1. The summed E-state index contributed by atoms with van der Waals surface area (Å²) in [5.41, 5.74) is 1.02. The third-order valence-electron chi connectivity index (χ3n) is 4.62. The van der Waals surface area contributed by atoms with Gasteiger partial charge in [0.05, 0.1) is 15.9 Å². The van der Waals surface area contributed by atoms with Gasteiger partial charge < -0.3 is 9.32 Å². The van der Waals surface area contributed by atoms with Crippen LogP contribution in [0.4, 0.5) is 0 Å². The number of thioether (sulfide) groups is 1. The second kappa shape index (κ2) is 8.00. The minimum absolute atomic E-state index is 0.0410. The lowest BCUT2D eigenvalue weighted by Gasteiger charge is -2.23. The molecule has 142 valence electrons. The molecule has 1 aliphatic heterocycles. The minimum atomic E-state index is -3.28. The Morgan fingerprint density at radius 2 is 1.96 bits per heavy atom. The number of amides is 1. The van der Waals surface area contributed by atoms with Crippen LogP contribution in [-0.2, 0) is 14.6 Å². The van der Waals surface area contributed by atoms with Gasteiger partial charge >= 0.3 is 0 Å². The Kier molecular flexibility index (Phi) is 5.92. The molecule has 8 heteroatoms. The Labute approximate surface area is 158 Å². The van der Waals surface area contributed by atoms with E-state index in [1.807, 2.05) is 11.8 Å². The lowest BCUT2D eigenvalue weighted by atomic mass is 10.2. The predicted molar refractivity (Wildman–Crippen MR) is 102 cm³/mol. The molecule has 0 N–H and O–H groups in total. The van der Waals surface area contributed by atoms with E-state index >= 15 is 0 Å². The number of fused-ring (bicyclic) bond motifs is 1. The molecule has 1 amide bonds. The van der Waals surface area contributed by atoms with Crippen molar-refractivity contribution in [3.05, 3.63) is 18.2 Å². The molecule has 0 radical (unpaired) electrons. The number of aromatic nitrogens is 1. The van der Waals surface area contributed by atoms with Crippen molar-refractivity contribution in [3.8, 4) is 0 Å². The summed E-state index contributed by atoms with van der Waals surface area (Å²) < 4.78 is 29.7. The van der Waals surface area contributed by atoms with E-state index in [9.17, 15) is 13.2 Å². The van der Waals surface area contributed by atoms with Gasteiger partial charge in [-0.1, -0.05) is 31.5 Å². The molecule has 1 fully saturated rings. The molecule has 1 atom stereocenters. The molecule has 1 unspecified atom stereocenters. The summed E-state index contributed by atoms with van der Waals surface area (Å²) in [7, 11) is -3.28. The van der Waals surface area contributed by atoms with Gasteiger partial charge in [-0.25, -0.2) is 13.4 Å². The minimum Gasteiger partial charge on any atom is -0.431 e. The smallest absolute Gasteiger partial charge is 0.257 e. The molecular weight excluding hydrogens is 372 g/mol. The average Bonchev–Trinajstić information content (AvgIpc) is 2.83. The molecule has 6 nitrogen and oxygen atoms in total. The molecule has 26 heavy (non-hydrogen) atoms. The summed E-state index contributed by atoms with van der Waals surface area (Å²) in [5.74, 6) is 0.146. The summed E-state index contributed by atoms with van der Waals surface area (Å²) >= 11 is 1.28. The van der Waals surface area contributed by atoms with Gasteiger partial charge in [-0.05, 0) is 38.0 Å². The Morgan fingerprint density at radius 3 is 2.62 bits per heavy atom. The number of sulfone groups is 1. The quantitative estimate of drug-likeness (QED) is 0.720. The lowest BCUT2D eigenvalue weighted by Crippen LogP contribution is -2.37. The van der Waals surface area contributed by atoms with E-state index in [2.05, 4.69) is 4.98 Å². The molecule has 2 heterocycles. The second-order valence-electron chi connectivity index (χ2n) is 6.51. The van der Waals surface area contributed by atoms with Gasteiger partial charge in [0.15, 0.2) is 15.4 Å². The first-order valence-electron chi connectivity index (χ1n) is 8.99. The largest absolute Gasteiger partial charge is 0.431 e. The highest BCUT2D eigenvalue weighted by molar-refractivity contribution is 8.00. The van der Waals surface area contributed by atoms with Crippen molar-refractivity contribution in [2.75, 3.05) is 18.8 Å². The molecule has 0 bridgehead atoms. The van der Waals surface area contributed by atoms with Crippen molar-refractivity contribution in [1.29, 1.82) is 0 Å². The molecule has 1 saturated heterocycles. The van der Waals surface area contributed by atoms with Gasteiger partial charge in [0, 0.05) is 13.1 Å². The van der Waals surface area contributed by atoms with Crippen LogP contribution in [0.5, 0.6) is 0 Å². The average molecular weight is 397 g/mol. The van der Waals surface area contributed by atoms with Crippen LogP contribution in [0, 0.1) is 0 Å². The predicted octanol–water partition coefficient (Wildman–Crippen LogP) is 3.50. The number of nitrogens with zero attached hydrogens (tertiary/aromatic N) is 2. The molecule has 3 rings (SSSR count). The first-order chi connectivity index (χ1) is 12.4. The van der Waals surface area contributed by atoms with Crippen LogP contribution in [-0.4, -0.2) is 48.3 Å². The third kappa shape index (κ3) is 4.23. The Bertz CT molecular complexity index is 884. The van der Waals surface area contributed by atoms with Crippen molar-refractivity contribution in [2.24, 2.45) is 0 Å². The summed E-state index contributed by atoms with van der Waals surface area (Å²) in [6.07, 6.45) is 4.47. The van der Waals surface area contributed by atoms with E-state index in [1.165, 1.54) is 36.7 Å². The van der Waals surface area contributed by atoms with Crippen molar-refractivity contribution >= 4 is 38.6 Å². The Balaban J connectivity index is 1.75. The molecule has 1 aliphatic rings. The highest BCUT2D eigenvalue weighted by atomic mass is 32.2. The zero-order chi connectivity index (χ0) is 18.7. The van der Waals surface area contributed by atoms with Crippen molar-refractivity contribution in [1.82, 2.24) is 9.88 Å². The molecule has 0 aliphatic carbocycles. The third-order valence-corrected chi connectivity index (χ3v) is 7.29. The lowest BCUT2D eigenvalue weighted by molar-refractivity contribution is -0.130. The molecule has 0 spiro atoms. The zero-order valence-corrected chi connectivity index (χ0v) is 16.7. The normalized spacial score (nSPS) is 17.2. The van der Waals surface area contributed by atoms with Crippen LogP contribution in [0.25, 0.3) is 11.1 Å². The molecule has 0 saturated carbocycles. The Hall–Kier alpha value is -1.54. The topological polar surface area (TPSA) is 80.5 Å². The van der Waals surface area contributed by atoms with Crippen LogP contribution in [0.2, 0.25) is 0 Å². The van der Waals surface area contributed by atoms with E-state index < -0.39 is 9.84 Å². The SMILES string of the molecule is CCS(=O)(=O)c1ccc2oc(SC(C)C(=O)N3CCCCCC3)nc2c1. The fourth-order valence-electron chi connectivity index (χ4n) is 3.05. The van der Waals surface area contributed by atoms with Gasteiger partial charge in [0.1, 0.15) is 5.52 Å². The number of likely N-dealkylation sites (tertiary alicyclic amines) is 1. The van der Waals surface area contributed by atoms with Gasteiger partial charge in [-0.2, -0.15) is 0 Å². The van der Waals surface area contributed by atoms with Crippen molar-refractivity contribution in [3.63, 3.8) is 0 Å². The summed E-state index contributed by atoms with van der Waals surface area (Å²) in [4.78, 5) is 19.2. The monoisotopic (exact) mass is 396 g/mol. The molecular formula is C18H24N2O4S2. The highest BCUT2D eigenvalue weighted by Crippen LogP contribution is 2.29. The summed E-state index contributed by atoms with van der Waals surface area (Å²) in [5, 5.41) is 0.0988. The van der Waals surface area contributed by atoms with E-state index in [0.29, 0.717) is 16.3 Å². The molecule has 1 aromatic carbocycles. The number of oxazole rings is 1. The fourth-order valence-corrected chi connectivity index (χ4v) is 4.79. The van der Waals surface area contributed by atoms with Crippen LogP contribution in [0.1, 0.15) is 39.5 Å². The first kappa shape index (κ1) is 19.2. The number of hydrogen-bond acceptors (Lipinski definition) is 6. The molecule has 1 aromatic heterocycles. The van der Waals surface area contributed by atoms with E-state index in [4.69, 9.17) is 4.42 Å². The summed E-state index contributed by atoms with van der Waals surface area (Å²) in [6.45, 7) is 5.10. The maximum Gasteiger partial charge on any atom is 0.257 e. The summed E-state index contributed by atoms with van der Waals surface area (Å²) in [6, 6.07) is 4.69. The fraction of sp³-hybridized carbons (Fsp3) is 0.556. The van der Waals surface area contributed by atoms with Gasteiger partial charge in [0.2, 0.25) is 5.91 Å². The van der Waals surface area contributed by atoms with E-state index in [0.717, 1.165) is 25.9 Å². The van der Waals surface area contributed by atoms with E-state index in [-0.39, 0.29) is 21.8 Å². The van der Waals surface area contributed by atoms with Crippen LogP contribution >= 0.6 is 11.8 Å². The van der Waals surface area contributed by atoms with Gasteiger partial charge in [-0.3, -0.25) is 4.79 Å². The highest BCUT2D eigenvalue weighted by Gasteiger charge is 2.24. The maximum atomic E-state index is 12.7. The zero-order valence-electron chi connectivity index (χ0n) is 15.1.